The van der Waals surface area contributed by atoms with Gasteiger partial charge in [0.05, 0.1) is 25.2 Å². The lowest BCUT2D eigenvalue weighted by Gasteiger charge is -2.18. The summed E-state index contributed by atoms with van der Waals surface area (Å²) in [6.45, 7) is 8.85. The zero-order valence-corrected chi connectivity index (χ0v) is 38.4. The van der Waals surface area contributed by atoms with Crippen LogP contribution in [0.3, 0.4) is 0 Å². The fraction of sp³-hybridized carbons (Fsp3) is 0.646. The minimum absolute atomic E-state index is 0.101. The maximum atomic E-state index is 14.5. The molecular weight excluding hydrogens is 832 g/mol. The second kappa shape index (κ2) is 28.2. The maximum absolute atomic E-state index is 14.5. The van der Waals surface area contributed by atoms with Gasteiger partial charge in [0.25, 0.3) is 0 Å². The summed E-state index contributed by atoms with van der Waals surface area (Å²) in [7, 11) is 0. The number of allylic oxidation sites excluding steroid dienone is 4. The topological polar surface area (TPSA) is 89.1 Å². The number of aromatic hydroxyl groups is 1. The average Bonchev–Trinajstić information content (AvgIpc) is 3.17. The molecule has 0 spiro atoms. The molecule has 0 fully saturated rings. The summed E-state index contributed by atoms with van der Waals surface area (Å²) < 4.78 is 19.2. The number of hydrogen-bond acceptors (Lipinski definition) is 6. The Morgan fingerprint density at radius 1 is 0.571 bits per heavy atom. The highest BCUT2D eigenvalue weighted by Gasteiger charge is 2.24. The molecule has 8 heteroatoms. The number of aliphatic hydroxyl groups excluding tert-OH is 1. The van der Waals surface area contributed by atoms with E-state index in [-0.39, 0.29) is 28.8 Å². The van der Waals surface area contributed by atoms with Crippen LogP contribution in [0, 0.1) is 0 Å². The number of unbranched alkanes of at least 4 members (excludes halogenated alkanes) is 18. The third-order valence-electron chi connectivity index (χ3n) is 10.6. The first-order chi connectivity index (χ1) is 27.2. The second-order valence-electron chi connectivity index (χ2n) is 16.0. The second-order valence-corrected chi connectivity index (χ2v) is 17.6. The smallest absolute Gasteiger partial charge is 0.204 e. The van der Waals surface area contributed by atoms with E-state index < -0.39 is 0 Å². The monoisotopic (exact) mass is 902 g/mol. The average molecular weight is 905 g/mol. The van der Waals surface area contributed by atoms with Crippen molar-refractivity contribution in [2.75, 3.05) is 23.9 Å². The molecule has 0 aliphatic carbocycles. The van der Waals surface area contributed by atoms with Crippen molar-refractivity contribution in [1.29, 1.82) is 0 Å². The molecule has 0 radical (unpaired) electrons. The largest absolute Gasteiger partial charge is 0.507 e. The van der Waals surface area contributed by atoms with Crippen LogP contribution in [0.2, 0.25) is 0 Å². The Balaban J connectivity index is 1.81. The van der Waals surface area contributed by atoms with Gasteiger partial charge in [-0.1, -0.05) is 158 Å². The van der Waals surface area contributed by atoms with Crippen molar-refractivity contribution in [1.82, 2.24) is 0 Å². The molecule has 314 valence electrons. The zero-order valence-electron chi connectivity index (χ0n) is 35.2. The first kappa shape index (κ1) is 48.1. The zero-order chi connectivity index (χ0) is 40.5. The van der Waals surface area contributed by atoms with Crippen LogP contribution >= 0.6 is 31.9 Å². The van der Waals surface area contributed by atoms with Crippen LogP contribution in [-0.2, 0) is 19.4 Å². The number of aliphatic hydroxyl groups is 1. The number of benzene rings is 2. The van der Waals surface area contributed by atoms with E-state index in [9.17, 15) is 15.0 Å². The van der Waals surface area contributed by atoms with Crippen molar-refractivity contribution in [3.63, 3.8) is 0 Å². The summed E-state index contributed by atoms with van der Waals surface area (Å²) in [6.07, 6.45) is 29.5. The minimum Gasteiger partial charge on any atom is -0.507 e. The Morgan fingerprint density at radius 2 is 0.946 bits per heavy atom. The van der Waals surface area contributed by atoms with E-state index in [1.807, 2.05) is 39.8 Å². The van der Waals surface area contributed by atoms with Crippen molar-refractivity contribution in [2.24, 2.45) is 0 Å². The number of halogens is 2. The normalized spacial score (nSPS) is 11.4. The standard InChI is InChI=1S/C48H72Br2O6/c1-36(2)25-27-38-40(35-51)42(55-32-24-20-16-12-8-6-10-14-18-22-30-50)34-43-45(38)48(53)46-44(56-43)33-41(39(47(46)52)28-26-37(3)4)54-31-23-19-15-11-7-5-9-13-17-21-29-49/h25-26,33-34,51-52H,5-24,27-32,35H2,1-4H3. The molecule has 0 aliphatic rings. The van der Waals surface area contributed by atoms with Crippen LogP contribution in [0.4, 0.5) is 0 Å². The van der Waals surface area contributed by atoms with Crippen molar-refractivity contribution in [2.45, 2.75) is 176 Å². The lowest BCUT2D eigenvalue weighted by molar-refractivity contribution is 0.259. The number of phenols is 1. The lowest BCUT2D eigenvalue weighted by Crippen LogP contribution is -2.11. The molecule has 3 aromatic rings. The van der Waals surface area contributed by atoms with E-state index in [1.54, 1.807) is 12.1 Å². The molecule has 2 aromatic carbocycles. The lowest BCUT2D eigenvalue weighted by atomic mass is 9.95. The van der Waals surface area contributed by atoms with Gasteiger partial charge in [0, 0.05) is 33.9 Å². The molecule has 1 aromatic heterocycles. The van der Waals surface area contributed by atoms with Crippen LogP contribution in [0.25, 0.3) is 21.9 Å². The SMILES string of the molecule is CC(C)=CCc1c(OCCCCCCCCCCCCBr)cc2oc3cc(OCCCCCCCCCCCCBr)c(CO)c(CC=C(C)C)c3c(=O)c2c1O. The molecule has 0 unspecified atom stereocenters. The fourth-order valence-electron chi connectivity index (χ4n) is 7.31. The van der Waals surface area contributed by atoms with Gasteiger partial charge in [-0.25, -0.2) is 0 Å². The molecule has 0 amide bonds. The maximum Gasteiger partial charge on any atom is 0.204 e. The molecule has 0 atom stereocenters. The van der Waals surface area contributed by atoms with Crippen LogP contribution in [0.5, 0.6) is 17.2 Å². The summed E-state index contributed by atoms with van der Waals surface area (Å²) in [5.74, 6) is 0.982. The van der Waals surface area contributed by atoms with Crippen LogP contribution < -0.4 is 14.9 Å². The van der Waals surface area contributed by atoms with Gasteiger partial charge in [0.2, 0.25) is 5.43 Å². The van der Waals surface area contributed by atoms with Gasteiger partial charge < -0.3 is 24.1 Å². The molecule has 2 N–H and O–H groups in total. The fourth-order valence-corrected chi connectivity index (χ4v) is 8.11. The van der Waals surface area contributed by atoms with E-state index >= 15 is 0 Å². The van der Waals surface area contributed by atoms with Gasteiger partial charge in [-0.2, -0.15) is 0 Å². The van der Waals surface area contributed by atoms with Crippen molar-refractivity contribution < 1.29 is 24.1 Å². The van der Waals surface area contributed by atoms with Crippen molar-refractivity contribution in [3.05, 3.63) is 62.3 Å². The van der Waals surface area contributed by atoms with Gasteiger partial charge in [0.15, 0.2) is 0 Å². The van der Waals surface area contributed by atoms with Gasteiger partial charge in [0.1, 0.15) is 33.8 Å². The first-order valence-electron chi connectivity index (χ1n) is 21.8. The highest BCUT2D eigenvalue weighted by Crippen LogP contribution is 2.39. The van der Waals surface area contributed by atoms with E-state index in [0.717, 1.165) is 47.5 Å². The number of ether oxygens (including phenoxy) is 2. The molecule has 1 heterocycles. The van der Waals surface area contributed by atoms with Crippen LogP contribution in [-0.4, -0.2) is 34.1 Å². The molecular formula is C48H72Br2O6. The number of hydrogen-bond donors (Lipinski definition) is 2. The highest BCUT2D eigenvalue weighted by atomic mass is 79.9. The van der Waals surface area contributed by atoms with E-state index in [4.69, 9.17) is 13.9 Å². The predicted octanol–water partition coefficient (Wildman–Crippen LogP) is 14.5. The quantitative estimate of drug-likeness (QED) is 0.0289. The highest BCUT2D eigenvalue weighted by molar-refractivity contribution is 9.09. The third kappa shape index (κ3) is 16.5. The molecule has 0 bridgehead atoms. The summed E-state index contributed by atoms with van der Waals surface area (Å²) in [6, 6.07) is 3.53. The summed E-state index contributed by atoms with van der Waals surface area (Å²) in [4.78, 5) is 14.5. The number of phenolic OH excluding ortho intramolecular Hbond substituents is 1. The Morgan fingerprint density at radius 3 is 1.36 bits per heavy atom. The first-order valence-corrected chi connectivity index (χ1v) is 24.0. The number of rotatable bonds is 31. The Labute approximate surface area is 355 Å². The molecule has 0 aliphatic heterocycles. The molecule has 0 saturated carbocycles. The Kier molecular flexibility index (Phi) is 24.2. The molecule has 56 heavy (non-hydrogen) atoms. The predicted molar refractivity (Wildman–Crippen MR) is 245 cm³/mol. The molecule has 3 rings (SSSR count). The summed E-state index contributed by atoms with van der Waals surface area (Å²) in [5.41, 5.74) is 4.42. The van der Waals surface area contributed by atoms with Gasteiger partial charge in [-0.3, -0.25) is 4.79 Å². The van der Waals surface area contributed by atoms with Gasteiger partial charge in [-0.05, 0) is 71.8 Å². The molecule has 0 saturated heterocycles. The number of fused-ring (bicyclic) bond motifs is 2. The van der Waals surface area contributed by atoms with Crippen molar-refractivity contribution in [3.8, 4) is 17.2 Å². The van der Waals surface area contributed by atoms with Gasteiger partial charge in [-0.15, -0.1) is 0 Å². The van der Waals surface area contributed by atoms with E-state index in [2.05, 4.69) is 31.9 Å². The summed E-state index contributed by atoms with van der Waals surface area (Å²) >= 11 is 7.03. The third-order valence-corrected chi connectivity index (χ3v) is 11.8. The van der Waals surface area contributed by atoms with Gasteiger partial charge >= 0.3 is 0 Å². The van der Waals surface area contributed by atoms with E-state index in [1.165, 1.54) is 103 Å². The Hall–Kier alpha value is -2.29. The minimum atomic E-state index is -0.312. The van der Waals surface area contributed by atoms with Crippen molar-refractivity contribution >= 4 is 53.8 Å². The van der Waals surface area contributed by atoms with E-state index in [0.29, 0.717) is 65.2 Å². The Bertz CT molecular complexity index is 1700. The summed E-state index contributed by atoms with van der Waals surface area (Å²) in [5, 5.41) is 25.2. The molecule has 6 nitrogen and oxygen atoms in total. The van der Waals surface area contributed by atoms with Crippen LogP contribution in [0.15, 0.2) is 44.6 Å². The van der Waals surface area contributed by atoms with Crippen LogP contribution in [0.1, 0.15) is 173 Å². The number of alkyl halides is 2.